The Labute approximate surface area is 153 Å². The van der Waals surface area contributed by atoms with Crippen molar-refractivity contribution in [2.24, 2.45) is 0 Å². The van der Waals surface area contributed by atoms with Crippen LogP contribution in [0.4, 0.5) is 11.4 Å². The van der Waals surface area contributed by atoms with Gasteiger partial charge >= 0.3 is 0 Å². The second-order valence-corrected chi connectivity index (χ2v) is 6.15. The van der Waals surface area contributed by atoms with E-state index in [-0.39, 0.29) is 5.69 Å². The van der Waals surface area contributed by atoms with Gasteiger partial charge in [0, 0.05) is 18.8 Å². The number of halogens is 1. The van der Waals surface area contributed by atoms with Crippen LogP contribution in [-0.2, 0) is 6.54 Å². The van der Waals surface area contributed by atoms with Gasteiger partial charge in [-0.2, -0.15) is 0 Å². The van der Waals surface area contributed by atoms with Gasteiger partial charge in [0.15, 0.2) is 11.5 Å². The number of benzene rings is 2. The molecule has 26 heavy (non-hydrogen) atoms. The lowest BCUT2D eigenvalue weighted by Crippen LogP contribution is -2.16. The Balaban J connectivity index is 1.64. The van der Waals surface area contributed by atoms with E-state index in [9.17, 15) is 10.1 Å². The lowest BCUT2D eigenvalue weighted by Gasteiger charge is -2.20. The van der Waals surface area contributed by atoms with Crippen molar-refractivity contribution in [1.82, 2.24) is 4.98 Å². The maximum atomic E-state index is 11.2. The molecule has 1 aliphatic rings. The van der Waals surface area contributed by atoms with Gasteiger partial charge in [-0.25, -0.2) is 0 Å². The number of rotatable bonds is 4. The first-order valence-electron chi connectivity index (χ1n) is 7.97. The third-order valence-electron chi connectivity index (χ3n) is 4.08. The van der Waals surface area contributed by atoms with Crippen LogP contribution in [0.2, 0.25) is 5.02 Å². The van der Waals surface area contributed by atoms with Gasteiger partial charge in [0.1, 0.15) is 18.7 Å². The zero-order chi connectivity index (χ0) is 18.1. The summed E-state index contributed by atoms with van der Waals surface area (Å²) in [5, 5.41) is 15.4. The van der Waals surface area contributed by atoms with Crippen LogP contribution in [0.1, 0.15) is 5.56 Å². The molecular formula is C18H14ClN3O4. The molecule has 0 saturated heterocycles. The highest BCUT2D eigenvalue weighted by molar-refractivity contribution is 6.32. The summed E-state index contributed by atoms with van der Waals surface area (Å²) in [7, 11) is 0. The van der Waals surface area contributed by atoms with Gasteiger partial charge < -0.3 is 14.8 Å². The Morgan fingerprint density at radius 2 is 2.08 bits per heavy atom. The monoisotopic (exact) mass is 371 g/mol. The molecule has 4 rings (SSSR count). The molecule has 2 aromatic carbocycles. The van der Waals surface area contributed by atoms with Crippen molar-refractivity contribution in [2.45, 2.75) is 6.54 Å². The molecule has 0 atom stereocenters. The molecule has 7 nitrogen and oxygen atoms in total. The lowest BCUT2D eigenvalue weighted by molar-refractivity contribution is -0.383. The van der Waals surface area contributed by atoms with E-state index in [4.69, 9.17) is 21.1 Å². The minimum atomic E-state index is -0.408. The van der Waals surface area contributed by atoms with Crippen LogP contribution < -0.4 is 14.8 Å². The molecule has 0 amide bonds. The molecule has 0 aliphatic carbocycles. The lowest BCUT2D eigenvalue weighted by atomic mass is 10.1. The number of nitro groups is 1. The molecule has 8 heteroatoms. The van der Waals surface area contributed by atoms with Gasteiger partial charge in [-0.1, -0.05) is 11.6 Å². The number of hydrogen-bond donors (Lipinski definition) is 1. The van der Waals surface area contributed by atoms with Gasteiger partial charge in [0.2, 0.25) is 0 Å². The van der Waals surface area contributed by atoms with E-state index in [1.54, 1.807) is 24.4 Å². The standard InChI is InChI=1S/C18H14ClN3O4/c19-13-8-11(9-16-18(13)26-7-6-25-16)10-21-14-3-4-15(22(23)24)12-2-1-5-20-17(12)14/h1-5,8-9,21H,6-7,10H2. The average molecular weight is 372 g/mol. The van der Waals surface area contributed by atoms with Crippen molar-refractivity contribution in [3.63, 3.8) is 0 Å². The van der Waals surface area contributed by atoms with E-state index in [0.29, 0.717) is 52.9 Å². The van der Waals surface area contributed by atoms with Crippen LogP contribution >= 0.6 is 11.6 Å². The molecule has 0 fully saturated rings. The number of nitrogens with zero attached hydrogens (tertiary/aromatic N) is 2. The highest BCUT2D eigenvalue weighted by Crippen LogP contribution is 2.38. The number of fused-ring (bicyclic) bond motifs is 2. The van der Waals surface area contributed by atoms with Gasteiger partial charge in [-0.05, 0) is 35.9 Å². The molecule has 0 saturated carbocycles. The average Bonchev–Trinajstić information content (AvgIpc) is 2.66. The van der Waals surface area contributed by atoms with Crippen LogP contribution in [0, 0.1) is 10.1 Å². The number of nitro benzene ring substituents is 1. The molecule has 3 aromatic rings. The van der Waals surface area contributed by atoms with Gasteiger partial charge in [0.05, 0.1) is 21.0 Å². The van der Waals surface area contributed by atoms with Crippen LogP contribution in [0.15, 0.2) is 42.6 Å². The van der Waals surface area contributed by atoms with E-state index in [2.05, 4.69) is 10.3 Å². The number of nitrogens with one attached hydrogen (secondary N) is 1. The third-order valence-corrected chi connectivity index (χ3v) is 4.36. The second-order valence-electron chi connectivity index (χ2n) is 5.74. The first kappa shape index (κ1) is 16.4. The minimum absolute atomic E-state index is 0.0287. The molecule has 1 aromatic heterocycles. The van der Waals surface area contributed by atoms with E-state index >= 15 is 0 Å². The molecule has 1 aliphatic heterocycles. The van der Waals surface area contributed by atoms with E-state index in [1.807, 2.05) is 12.1 Å². The number of pyridine rings is 1. The molecule has 2 heterocycles. The van der Waals surface area contributed by atoms with Gasteiger partial charge in [-0.15, -0.1) is 0 Å². The summed E-state index contributed by atoms with van der Waals surface area (Å²) in [6.45, 7) is 1.42. The SMILES string of the molecule is O=[N+]([O-])c1ccc(NCc2cc(Cl)c3c(c2)OCCO3)c2ncccc12. The van der Waals surface area contributed by atoms with E-state index in [0.717, 1.165) is 5.56 Å². The Bertz CT molecular complexity index is 1010. The molecule has 0 spiro atoms. The first-order chi connectivity index (χ1) is 12.6. The van der Waals surface area contributed by atoms with Crippen LogP contribution in [0.3, 0.4) is 0 Å². The zero-order valence-corrected chi connectivity index (χ0v) is 14.3. The van der Waals surface area contributed by atoms with Gasteiger partial charge in [-0.3, -0.25) is 15.1 Å². The minimum Gasteiger partial charge on any atom is -0.486 e. The number of hydrogen-bond acceptors (Lipinski definition) is 6. The first-order valence-corrected chi connectivity index (χ1v) is 8.35. The Morgan fingerprint density at radius 1 is 1.23 bits per heavy atom. The predicted octanol–water partition coefficient (Wildman–Crippen LogP) is 4.18. The van der Waals surface area contributed by atoms with Crippen LogP contribution in [0.25, 0.3) is 10.9 Å². The molecule has 1 N–H and O–H groups in total. The normalized spacial score (nSPS) is 12.8. The van der Waals surface area contributed by atoms with Crippen molar-refractivity contribution in [3.8, 4) is 11.5 Å². The third kappa shape index (κ3) is 2.97. The van der Waals surface area contributed by atoms with Crippen molar-refractivity contribution in [3.05, 3.63) is 63.3 Å². The number of aromatic nitrogens is 1. The fraction of sp³-hybridized carbons (Fsp3) is 0.167. The highest BCUT2D eigenvalue weighted by atomic mass is 35.5. The highest BCUT2D eigenvalue weighted by Gasteiger charge is 2.18. The fourth-order valence-corrected chi connectivity index (χ4v) is 3.21. The molecule has 0 radical (unpaired) electrons. The van der Waals surface area contributed by atoms with Crippen LogP contribution in [-0.4, -0.2) is 23.1 Å². The summed E-state index contributed by atoms with van der Waals surface area (Å²) in [6.07, 6.45) is 1.61. The largest absolute Gasteiger partial charge is 0.486 e. The summed E-state index contributed by atoms with van der Waals surface area (Å²) >= 11 is 6.26. The summed E-state index contributed by atoms with van der Waals surface area (Å²) in [4.78, 5) is 15.1. The van der Waals surface area contributed by atoms with Crippen molar-refractivity contribution >= 4 is 33.9 Å². The quantitative estimate of drug-likeness (QED) is 0.547. The number of ether oxygens (including phenoxy) is 2. The van der Waals surface area contributed by atoms with Gasteiger partial charge in [0.25, 0.3) is 5.69 Å². The topological polar surface area (TPSA) is 86.5 Å². The maximum Gasteiger partial charge on any atom is 0.278 e. The Hall–Kier alpha value is -3.06. The molecule has 132 valence electrons. The van der Waals surface area contributed by atoms with Crippen molar-refractivity contribution in [1.29, 1.82) is 0 Å². The van der Waals surface area contributed by atoms with Crippen LogP contribution in [0.5, 0.6) is 11.5 Å². The summed E-state index contributed by atoms with van der Waals surface area (Å²) in [5.41, 5.74) is 2.19. The number of non-ortho nitro benzene ring substituents is 1. The summed E-state index contributed by atoms with van der Waals surface area (Å²) in [5.74, 6) is 1.18. The smallest absolute Gasteiger partial charge is 0.278 e. The van der Waals surface area contributed by atoms with E-state index in [1.165, 1.54) is 6.07 Å². The summed E-state index contributed by atoms with van der Waals surface area (Å²) in [6, 6.07) is 10.2. The fourth-order valence-electron chi connectivity index (χ4n) is 2.92. The predicted molar refractivity (Wildman–Crippen MR) is 98.2 cm³/mol. The second kappa shape index (κ2) is 6.68. The Morgan fingerprint density at radius 3 is 2.92 bits per heavy atom. The van der Waals surface area contributed by atoms with Crippen molar-refractivity contribution < 1.29 is 14.4 Å². The maximum absolute atomic E-state index is 11.2. The molecule has 0 unspecified atom stereocenters. The zero-order valence-electron chi connectivity index (χ0n) is 13.6. The molecular weight excluding hydrogens is 358 g/mol. The number of anilines is 1. The Kier molecular flexibility index (Phi) is 4.22. The molecule has 0 bridgehead atoms. The summed E-state index contributed by atoms with van der Waals surface area (Å²) < 4.78 is 11.1. The van der Waals surface area contributed by atoms with Crippen molar-refractivity contribution in [2.75, 3.05) is 18.5 Å². The van der Waals surface area contributed by atoms with E-state index < -0.39 is 4.92 Å².